The van der Waals surface area contributed by atoms with Crippen molar-refractivity contribution in [3.63, 3.8) is 0 Å². The summed E-state index contributed by atoms with van der Waals surface area (Å²) in [5.41, 5.74) is 7.60. The van der Waals surface area contributed by atoms with Gasteiger partial charge in [0.2, 0.25) is 0 Å². The summed E-state index contributed by atoms with van der Waals surface area (Å²) in [6.07, 6.45) is 2.79. The van der Waals surface area contributed by atoms with Crippen molar-refractivity contribution in [1.82, 2.24) is 4.98 Å². The number of hydrogen-bond donors (Lipinski definition) is 1. The minimum Gasteiger partial charge on any atom is -0.398 e. The first-order valence-electron chi connectivity index (χ1n) is 6.67. The number of nitrogens with two attached hydrogens (primary N) is 1. The van der Waals surface area contributed by atoms with Gasteiger partial charge in [-0.15, -0.1) is 0 Å². The minimum absolute atomic E-state index is 0.237. The van der Waals surface area contributed by atoms with Crippen LogP contribution in [0.4, 0.5) is 11.5 Å². The van der Waals surface area contributed by atoms with Crippen molar-refractivity contribution in [2.45, 2.75) is 18.4 Å². The molecule has 2 aromatic rings. The predicted octanol–water partition coefficient (Wildman–Crippen LogP) is 2.09. The minimum atomic E-state index is -3.33. The standard InChI is InChI=1S/C15H19N3O2S/c1-3-18(11-12-7-4-5-8-13(12)16)15-14(21(2,19)20)9-6-10-17-15/h4-10H,3,11,16H2,1-2H3. The number of hydrogen-bond acceptors (Lipinski definition) is 5. The van der Waals surface area contributed by atoms with Gasteiger partial charge in [-0.25, -0.2) is 13.4 Å². The average Bonchev–Trinajstić information content (AvgIpc) is 2.45. The van der Waals surface area contributed by atoms with E-state index >= 15 is 0 Å². The summed E-state index contributed by atoms with van der Waals surface area (Å²) in [4.78, 5) is 6.39. The van der Waals surface area contributed by atoms with Crippen molar-refractivity contribution >= 4 is 21.3 Å². The van der Waals surface area contributed by atoms with Gasteiger partial charge in [0, 0.05) is 31.2 Å². The maximum Gasteiger partial charge on any atom is 0.179 e. The number of pyridine rings is 1. The van der Waals surface area contributed by atoms with E-state index in [2.05, 4.69) is 4.98 Å². The van der Waals surface area contributed by atoms with E-state index < -0.39 is 9.84 Å². The Bertz CT molecular complexity index is 729. The second kappa shape index (κ2) is 6.13. The monoisotopic (exact) mass is 305 g/mol. The number of sulfone groups is 1. The van der Waals surface area contributed by atoms with Crippen molar-refractivity contribution in [2.24, 2.45) is 0 Å². The van der Waals surface area contributed by atoms with Gasteiger partial charge in [0.1, 0.15) is 10.7 Å². The number of benzene rings is 1. The molecule has 0 radical (unpaired) electrons. The Morgan fingerprint density at radius 2 is 1.90 bits per heavy atom. The molecule has 0 amide bonds. The molecule has 1 aromatic carbocycles. The SMILES string of the molecule is CCN(Cc1ccccc1N)c1ncccc1S(C)(=O)=O. The molecule has 1 aromatic heterocycles. The summed E-state index contributed by atoms with van der Waals surface area (Å²) in [6.45, 7) is 3.11. The third-order valence-electron chi connectivity index (χ3n) is 3.25. The third kappa shape index (κ3) is 3.52. The molecule has 1 heterocycles. The predicted molar refractivity (Wildman–Crippen MR) is 84.9 cm³/mol. The normalized spacial score (nSPS) is 11.3. The van der Waals surface area contributed by atoms with Crippen molar-refractivity contribution in [2.75, 3.05) is 23.4 Å². The number of rotatable bonds is 5. The fourth-order valence-corrected chi connectivity index (χ4v) is 2.97. The lowest BCUT2D eigenvalue weighted by Crippen LogP contribution is -2.25. The first kappa shape index (κ1) is 15.3. The fraction of sp³-hybridized carbons (Fsp3) is 0.267. The van der Waals surface area contributed by atoms with Crippen LogP contribution in [0.5, 0.6) is 0 Å². The lowest BCUT2D eigenvalue weighted by Gasteiger charge is -2.24. The van der Waals surface area contributed by atoms with Crippen LogP contribution in [-0.2, 0) is 16.4 Å². The lowest BCUT2D eigenvalue weighted by molar-refractivity contribution is 0.600. The van der Waals surface area contributed by atoms with Crippen LogP contribution >= 0.6 is 0 Å². The van der Waals surface area contributed by atoms with Crippen LogP contribution in [0.15, 0.2) is 47.5 Å². The van der Waals surface area contributed by atoms with Gasteiger partial charge < -0.3 is 10.6 Å². The van der Waals surface area contributed by atoms with Gasteiger partial charge in [-0.05, 0) is 30.7 Å². The van der Waals surface area contributed by atoms with Gasteiger partial charge in [-0.1, -0.05) is 18.2 Å². The molecule has 6 heteroatoms. The molecule has 0 fully saturated rings. The van der Waals surface area contributed by atoms with Gasteiger partial charge in [0.05, 0.1) is 0 Å². The van der Waals surface area contributed by atoms with Crippen molar-refractivity contribution in [3.8, 4) is 0 Å². The quantitative estimate of drug-likeness (QED) is 0.856. The number of para-hydroxylation sites is 1. The smallest absolute Gasteiger partial charge is 0.179 e. The van der Waals surface area contributed by atoms with Gasteiger partial charge in [0.25, 0.3) is 0 Å². The average molecular weight is 305 g/mol. The maximum absolute atomic E-state index is 11.9. The molecule has 0 aliphatic carbocycles. The molecule has 112 valence electrons. The first-order chi connectivity index (χ1) is 9.93. The highest BCUT2D eigenvalue weighted by atomic mass is 32.2. The van der Waals surface area contributed by atoms with Crippen LogP contribution in [0.25, 0.3) is 0 Å². The number of aromatic nitrogens is 1. The summed E-state index contributed by atoms with van der Waals surface area (Å²) in [5.74, 6) is 0.464. The third-order valence-corrected chi connectivity index (χ3v) is 4.37. The van der Waals surface area contributed by atoms with E-state index in [1.165, 1.54) is 6.26 Å². The molecular formula is C15H19N3O2S. The Kier molecular flexibility index (Phi) is 4.47. The van der Waals surface area contributed by atoms with Crippen LogP contribution < -0.4 is 10.6 Å². The lowest BCUT2D eigenvalue weighted by atomic mass is 10.1. The molecule has 2 N–H and O–H groups in total. The summed E-state index contributed by atoms with van der Waals surface area (Å²) < 4.78 is 23.8. The van der Waals surface area contributed by atoms with Crippen LogP contribution in [-0.4, -0.2) is 26.2 Å². The summed E-state index contributed by atoms with van der Waals surface area (Å²) in [7, 11) is -3.33. The molecule has 0 aliphatic heterocycles. The molecule has 0 unspecified atom stereocenters. The van der Waals surface area contributed by atoms with Crippen LogP contribution in [0.2, 0.25) is 0 Å². The second-order valence-corrected chi connectivity index (χ2v) is 6.79. The largest absolute Gasteiger partial charge is 0.398 e. The molecule has 0 atom stereocenters. The molecule has 0 aliphatic rings. The molecule has 0 saturated carbocycles. The molecule has 0 spiro atoms. The van der Waals surface area contributed by atoms with E-state index in [0.717, 1.165) is 5.56 Å². The van der Waals surface area contributed by atoms with E-state index in [9.17, 15) is 8.42 Å². The van der Waals surface area contributed by atoms with Gasteiger partial charge in [-0.2, -0.15) is 0 Å². The Morgan fingerprint density at radius 3 is 2.52 bits per heavy atom. The topological polar surface area (TPSA) is 76.3 Å². The number of nitrogen functional groups attached to an aromatic ring is 1. The van der Waals surface area contributed by atoms with E-state index in [1.807, 2.05) is 36.1 Å². The highest BCUT2D eigenvalue weighted by Crippen LogP contribution is 2.24. The zero-order chi connectivity index (χ0) is 15.5. The number of nitrogens with zero attached hydrogens (tertiary/aromatic N) is 2. The Labute approximate surface area is 125 Å². The van der Waals surface area contributed by atoms with Crippen molar-refractivity contribution in [1.29, 1.82) is 0 Å². The molecule has 0 bridgehead atoms. The summed E-state index contributed by atoms with van der Waals surface area (Å²) >= 11 is 0. The Hall–Kier alpha value is -2.08. The molecule has 0 saturated heterocycles. The zero-order valence-corrected chi connectivity index (χ0v) is 13.0. The van der Waals surface area contributed by atoms with E-state index in [4.69, 9.17) is 5.73 Å². The molecular weight excluding hydrogens is 286 g/mol. The van der Waals surface area contributed by atoms with Gasteiger partial charge in [0.15, 0.2) is 9.84 Å². The molecule has 21 heavy (non-hydrogen) atoms. The van der Waals surface area contributed by atoms with Gasteiger partial charge in [-0.3, -0.25) is 0 Å². The van der Waals surface area contributed by atoms with Crippen LogP contribution in [0.3, 0.4) is 0 Å². The van der Waals surface area contributed by atoms with E-state index in [0.29, 0.717) is 24.6 Å². The summed E-state index contributed by atoms with van der Waals surface area (Å²) in [6, 6.07) is 10.8. The number of anilines is 2. The Balaban J connectivity index is 2.42. The maximum atomic E-state index is 11.9. The summed E-state index contributed by atoms with van der Waals surface area (Å²) in [5, 5.41) is 0. The van der Waals surface area contributed by atoms with Gasteiger partial charge >= 0.3 is 0 Å². The van der Waals surface area contributed by atoms with Crippen molar-refractivity contribution < 1.29 is 8.42 Å². The van der Waals surface area contributed by atoms with Crippen molar-refractivity contribution in [3.05, 3.63) is 48.2 Å². The van der Waals surface area contributed by atoms with E-state index in [-0.39, 0.29) is 4.90 Å². The molecule has 2 rings (SSSR count). The Morgan fingerprint density at radius 1 is 1.19 bits per heavy atom. The fourth-order valence-electron chi connectivity index (χ4n) is 2.13. The highest BCUT2D eigenvalue weighted by Gasteiger charge is 2.19. The highest BCUT2D eigenvalue weighted by molar-refractivity contribution is 7.90. The van der Waals surface area contributed by atoms with E-state index in [1.54, 1.807) is 18.3 Å². The van der Waals surface area contributed by atoms with Crippen LogP contribution in [0.1, 0.15) is 12.5 Å². The zero-order valence-electron chi connectivity index (χ0n) is 12.2. The molecule has 5 nitrogen and oxygen atoms in total. The van der Waals surface area contributed by atoms with Crippen LogP contribution in [0, 0.1) is 0 Å². The second-order valence-electron chi connectivity index (χ2n) is 4.81. The first-order valence-corrected chi connectivity index (χ1v) is 8.56.